The van der Waals surface area contributed by atoms with Crippen LogP contribution in [0.5, 0.6) is 5.75 Å². The molecule has 8 heteroatoms. The second kappa shape index (κ2) is 8.22. The van der Waals surface area contributed by atoms with Gasteiger partial charge in [-0.25, -0.2) is 9.78 Å². The van der Waals surface area contributed by atoms with Gasteiger partial charge in [0.05, 0.1) is 32.4 Å². The summed E-state index contributed by atoms with van der Waals surface area (Å²) in [5.41, 5.74) is 7.94. The summed E-state index contributed by atoms with van der Waals surface area (Å²) in [6, 6.07) is 6.94. The molecule has 0 radical (unpaired) electrons. The molecule has 1 aliphatic rings. The first kappa shape index (κ1) is 18.9. The Bertz CT molecular complexity index is 807. The van der Waals surface area contributed by atoms with Crippen molar-refractivity contribution < 1.29 is 19.0 Å². The van der Waals surface area contributed by atoms with E-state index in [0.29, 0.717) is 24.5 Å². The van der Waals surface area contributed by atoms with Crippen LogP contribution < -0.4 is 15.4 Å². The number of aromatic nitrogens is 2. The Balaban J connectivity index is 2.09. The summed E-state index contributed by atoms with van der Waals surface area (Å²) in [5, 5.41) is 0. The molecule has 8 nitrogen and oxygen atoms in total. The summed E-state index contributed by atoms with van der Waals surface area (Å²) in [6.45, 7) is 3.69. The highest BCUT2D eigenvalue weighted by atomic mass is 16.5. The molecule has 1 aromatic heterocycles. The van der Waals surface area contributed by atoms with Crippen LogP contribution in [-0.2, 0) is 9.47 Å². The first-order valence-electron chi connectivity index (χ1n) is 8.75. The second-order valence-electron chi connectivity index (χ2n) is 6.31. The van der Waals surface area contributed by atoms with Crippen LogP contribution in [0.4, 0.5) is 11.8 Å². The van der Waals surface area contributed by atoms with Crippen LogP contribution in [0.15, 0.2) is 24.3 Å². The van der Waals surface area contributed by atoms with Crippen LogP contribution in [-0.4, -0.2) is 49.9 Å². The number of nitrogens with zero attached hydrogens (tertiary/aromatic N) is 3. The molecule has 0 amide bonds. The number of benzene rings is 1. The van der Waals surface area contributed by atoms with Gasteiger partial charge in [-0.15, -0.1) is 0 Å². The lowest BCUT2D eigenvalue weighted by Crippen LogP contribution is -2.32. The minimum absolute atomic E-state index is 0.194. The zero-order valence-electron chi connectivity index (χ0n) is 15.8. The average Bonchev–Trinajstić information content (AvgIpc) is 2.92. The monoisotopic (exact) mass is 372 g/mol. The summed E-state index contributed by atoms with van der Waals surface area (Å²) in [7, 11) is 2.96. The van der Waals surface area contributed by atoms with Crippen molar-refractivity contribution in [1.82, 2.24) is 9.97 Å². The van der Waals surface area contributed by atoms with Crippen molar-refractivity contribution in [1.29, 1.82) is 0 Å². The molecule has 1 unspecified atom stereocenters. The minimum atomic E-state index is -0.401. The summed E-state index contributed by atoms with van der Waals surface area (Å²) < 4.78 is 16.2. The fourth-order valence-electron chi connectivity index (χ4n) is 3.27. The molecule has 1 atom stereocenters. The molecule has 1 saturated heterocycles. The van der Waals surface area contributed by atoms with Gasteiger partial charge in [-0.1, -0.05) is 0 Å². The van der Waals surface area contributed by atoms with Gasteiger partial charge < -0.3 is 24.8 Å². The number of aryl methyl sites for hydroxylation is 1. The molecular formula is C19H24N4O4. The molecule has 27 heavy (non-hydrogen) atoms. The third-order valence-corrected chi connectivity index (χ3v) is 4.50. The summed E-state index contributed by atoms with van der Waals surface area (Å²) in [5.74, 6) is 1.22. The molecular weight excluding hydrogens is 348 g/mol. The van der Waals surface area contributed by atoms with E-state index in [-0.39, 0.29) is 12.0 Å². The Labute approximate surface area is 158 Å². The van der Waals surface area contributed by atoms with Crippen LogP contribution >= 0.6 is 0 Å². The van der Waals surface area contributed by atoms with E-state index in [1.165, 1.54) is 7.11 Å². The van der Waals surface area contributed by atoms with Gasteiger partial charge >= 0.3 is 5.97 Å². The van der Waals surface area contributed by atoms with Crippen LogP contribution in [0.3, 0.4) is 0 Å². The van der Waals surface area contributed by atoms with Crippen molar-refractivity contribution in [2.45, 2.75) is 19.4 Å². The van der Waals surface area contributed by atoms with Crippen LogP contribution in [0, 0.1) is 6.92 Å². The molecule has 1 fully saturated rings. The number of ether oxygens (including phenoxy) is 3. The quantitative estimate of drug-likeness (QED) is 0.815. The maximum absolute atomic E-state index is 12.0. The van der Waals surface area contributed by atoms with Gasteiger partial charge in [0.25, 0.3) is 0 Å². The van der Waals surface area contributed by atoms with E-state index < -0.39 is 5.97 Å². The standard InChI is InChI=1S/C19H24N4O4/c1-12-9-17(22-19(20)21-12)23-7-4-8-27-11-15(23)14-10-13(18(24)26-3)5-6-16(14)25-2/h5-6,9-10,15H,4,7-8,11H2,1-3H3,(H2,20,21,22). The van der Waals surface area contributed by atoms with Gasteiger partial charge in [0.2, 0.25) is 5.95 Å². The molecule has 1 aromatic carbocycles. The summed E-state index contributed by atoms with van der Waals surface area (Å²) >= 11 is 0. The average molecular weight is 372 g/mol. The lowest BCUT2D eigenvalue weighted by atomic mass is 10.0. The zero-order valence-corrected chi connectivity index (χ0v) is 15.8. The van der Waals surface area contributed by atoms with E-state index in [9.17, 15) is 4.79 Å². The molecule has 0 bridgehead atoms. The molecule has 1 aliphatic heterocycles. The molecule has 2 aromatic rings. The fourth-order valence-corrected chi connectivity index (χ4v) is 3.27. The Morgan fingerprint density at radius 2 is 2.11 bits per heavy atom. The van der Waals surface area contributed by atoms with E-state index in [1.807, 2.05) is 13.0 Å². The zero-order chi connectivity index (χ0) is 19.4. The van der Waals surface area contributed by atoms with Crippen molar-refractivity contribution in [3.05, 3.63) is 41.1 Å². The third-order valence-electron chi connectivity index (χ3n) is 4.50. The Hall–Kier alpha value is -2.87. The number of hydrogen-bond donors (Lipinski definition) is 1. The molecule has 2 heterocycles. The number of hydrogen-bond acceptors (Lipinski definition) is 8. The van der Waals surface area contributed by atoms with E-state index in [4.69, 9.17) is 19.9 Å². The predicted octanol–water partition coefficient (Wildman–Crippen LogP) is 2.13. The number of rotatable bonds is 4. The maximum atomic E-state index is 12.0. The smallest absolute Gasteiger partial charge is 0.337 e. The normalized spacial score (nSPS) is 17.3. The SMILES string of the molecule is COC(=O)c1ccc(OC)c(C2COCCCN2c2cc(C)nc(N)n2)c1. The number of nitrogen functional groups attached to an aromatic ring is 1. The predicted molar refractivity (Wildman–Crippen MR) is 101 cm³/mol. The number of esters is 1. The second-order valence-corrected chi connectivity index (χ2v) is 6.31. The largest absolute Gasteiger partial charge is 0.496 e. The van der Waals surface area contributed by atoms with Crippen molar-refractivity contribution in [3.63, 3.8) is 0 Å². The Kier molecular flexibility index (Phi) is 5.75. The van der Waals surface area contributed by atoms with Crippen molar-refractivity contribution >= 4 is 17.7 Å². The topological polar surface area (TPSA) is 99.8 Å². The van der Waals surface area contributed by atoms with Crippen molar-refractivity contribution in [2.24, 2.45) is 0 Å². The number of anilines is 2. The van der Waals surface area contributed by atoms with Gasteiger partial charge in [-0.3, -0.25) is 0 Å². The molecule has 0 aliphatic carbocycles. The first-order chi connectivity index (χ1) is 13.0. The van der Waals surface area contributed by atoms with Crippen LogP contribution in [0.1, 0.15) is 34.1 Å². The fraction of sp³-hybridized carbons (Fsp3) is 0.421. The Morgan fingerprint density at radius 1 is 1.30 bits per heavy atom. The number of carbonyl (C=O) groups is 1. The van der Waals surface area contributed by atoms with Crippen molar-refractivity contribution in [3.8, 4) is 5.75 Å². The lowest BCUT2D eigenvalue weighted by Gasteiger charge is -2.32. The number of carbonyl (C=O) groups excluding carboxylic acids is 1. The van der Waals surface area contributed by atoms with Gasteiger partial charge in [-0.05, 0) is 31.5 Å². The molecule has 144 valence electrons. The molecule has 0 spiro atoms. The van der Waals surface area contributed by atoms with Gasteiger partial charge in [0.15, 0.2) is 0 Å². The van der Waals surface area contributed by atoms with Crippen molar-refractivity contribution in [2.75, 3.05) is 44.6 Å². The third kappa shape index (κ3) is 4.11. The van der Waals surface area contributed by atoms with Gasteiger partial charge in [0, 0.05) is 30.5 Å². The van der Waals surface area contributed by atoms with Gasteiger partial charge in [0.1, 0.15) is 11.6 Å². The Morgan fingerprint density at radius 3 is 2.81 bits per heavy atom. The molecule has 3 rings (SSSR count). The lowest BCUT2D eigenvalue weighted by molar-refractivity contribution is 0.0600. The van der Waals surface area contributed by atoms with E-state index in [2.05, 4.69) is 14.9 Å². The highest BCUT2D eigenvalue weighted by molar-refractivity contribution is 5.89. The number of nitrogens with two attached hydrogens (primary N) is 1. The summed E-state index contributed by atoms with van der Waals surface area (Å²) in [4.78, 5) is 22.7. The minimum Gasteiger partial charge on any atom is -0.496 e. The van der Waals surface area contributed by atoms with E-state index >= 15 is 0 Å². The highest BCUT2D eigenvalue weighted by Gasteiger charge is 2.28. The van der Waals surface area contributed by atoms with Crippen LogP contribution in [0.25, 0.3) is 0 Å². The highest BCUT2D eigenvalue weighted by Crippen LogP contribution is 2.35. The van der Waals surface area contributed by atoms with E-state index in [0.717, 1.165) is 30.0 Å². The first-order valence-corrected chi connectivity index (χ1v) is 8.75. The van der Waals surface area contributed by atoms with E-state index in [1.54, 1.807) is 25.3 Å². The molecule has 2 N–H and O–H groups in total. The van der Waals surface area contributed by atoms with Crippen LogP contribution in [0.2, 0.25) is 0 Å². The molecule has 0 saturated carbocycles. The summed E-state index contributed by atoms with van der Waals surface area (Å²) in [6.07, 6.45) is 0.846. The number of methoxy groups -OCH3 is 2. The van der Waals surface area contributed by atoms with Gasteiger partial charge in [-0.2, -0.15) is 4.98 Å². The maximum Gasteiger partial charge on any atom is 0.337 e.